The zero-order valence-electron chi connectivity index (χ0n) is 10.8. The van der Waals surface area contributed by atoms with E-state index in [0.29, 0.717) is 6.54 Å². The zero-order valence-corrected chi connectivity index (χ0v) is 11.6. The largest absolute Gasteiger partial charge is 0.391 e. The van der Waals surface area contributed by atoms with Crippen molar-refractivity contribution in [1.29, 1.82) is 0 Å². The molecular formula is C14H21NO2S. The number of aliphatic hydroxyl groups excluding tert-OH is 1. The summed E-state index contributed by atoms with van der Waals surface area (Å²) in [5.74, 6) is 0.0679. The van der Waals surface area contributed by atoms with Gasteiger partial charge in [-0.3, -0.25) is 4.79 Å². The highest BCUT2D eigenvalue weighted by atomic mass is 32.1. The lowest BCUT2D eigenvalue weighted by molar-refractivity contribution is -0.123. The van der Waals surface area contributed by atoms with Crippen molar-refractivity contribution < 1.29 is 9.90 Å². The van der Waals surface area contributed by atoms with Gasteiger partial charge in [-0.2, -0.15) is 0 Å². The van der Waals surface area contributed by atoms with E-state index in [-0.39, 0.29) is 11.8 Å². The number of aryl methyl sites for hydroxylation is 1. The third-order valence-corrected chi connectivity index (χ3v) is 4.50. The number of thiophene rings is 1. The highest BCUT2D eigenvalue weighted by Crippen LogP contribution is 2.34. The molecule has 0 fully saturated rings. The Hall–Kier alpha value is -0.870. The molecule has 0 bridgehead atoms. The van der Waals surface area contributed by atoms with Gasteiger partial charge in [-0.25, -0.2) is 0 Å². The van der Waals surface area contributed by atoms with Crippen molar-refractivity contribution in [2.24, 2.45) is 0 Å². The Kier molecular flexibility index (Phi) is 4.78. The molecule has 1 amide bonds. The number of carbonyl (C=O) groups is 1. The lowest BCUT2D eigenvalue weighted by Gasteiger charge is -2.22. The van der Waals surface area contributed by atoms with Crippen LogP contribution in [0.2, 0.25) is 0 Å². The Morgan fingerprint density at radius 1 is 1.67 bits per heavy atom. The fourth-order valence-corrected chi connectivity index (χ4v) is 3.52. The van der Waals surface area contributed by atoms with Gasteiger partial charge in [-0.1, -0.05) is 13.3 Å². The number of rotatable bonds is 5. The van der Waals surface area contributed by atoms with E-state index in [0.717, 1.165) is 32.1 Å². The minimum absolute atomic E-state index is 0.00572. The first kappa shape index (κ1) is 13.6. The van der Waals surface area contributed by atoms with E-state index in [9.17, 15) is 9.90 Å². The minimum atomic E-state index is -0.413. The molecule has 18 heavy (non-hydrogen) atoms. The molecule has 2 atom stereocenters. The quantitative estimate of drug-likeness (QED) is 0.861. The molecule has 0 radical (unpaired) electrons. The Bertz CT molecular complexity index is 402. The highest BCUT2D eigenvalue weighted by Gasteiger charge is 2.27. The third-order valence-electron chi connectivity index (χ3n) is 3.50. The molecule has 1 aromatic heterocycles. The maximum Gasteiger partial charge on any atom is 0.227 e. The maximum atomic E-state index is 12.1. The smallest absolute Gasteiger partial charge is 0.227 e. The Morgan fingerprint density at radius 2 is 2.50 bits per heavy atom. The van der Waals surface area contributed by atoms with E-state index < -0.39 is 6.10 Å². The van der Waals surface area contributed by atoms with Crippen molar-refractivity contribution in [3.8, 4) is 0 Å². The number of nitrogens with one attached hydrogen (secondary N) is 1. The van der Waals surface area contributed by atoms with Crippen LogP contribution in [0.3, 0.4) is 0 Å². The van der Waals surface area contributed by atoms with Gasteiger partial charge in [0, 0.05) is 11.4 Å². The summed E-state index contributed by atoms with van der Waals surface area (Å²) in [6.45, 7) is 2.41. The van der Waals surface area contributed by atoms with Gasteiger partial charge < -0.3 is 10.4 Å². The van der Waals surface area contributed by atoms with Crippen molar-refractivity contribution >= 4 is 17.2 Å². The first-order valence-electron chi connectivity index (χ1n) is 6.74. The summed E-state index contributed by atoms with van der Waals surface area (Å²) in [6, 6.07) is 2.08. The zero-order chi connectivity index (χ0) is 13.0. The summed E-state index contributed by atoms with van der Waals surface area (Å²) in [5.41, 5.74) is 1.20. The average molecular weight is 267 g/mol. The normalized spacial score (nSPS) is 20.2. The molecule has 0 saturated heterocycles. The molecule has 2 rings (SSSR count). The van der Waals surface area contributed by atoms with Crippen molar-refractivity contribution in [2.45, 2.75) is 51.0 Å². The van der Waals surface area contributed by atoms with Gasteiger partial charge in [0.05, 0.1) is 12.0 Å². The predicted molar refractivity (Wildman–Crippen MR) is 73.9 cm³/mol. The maximum absolute atomic E-state index is 12.1. The van der Waals surface area contributed by atoms with Crippen molar-refractivity contribution in [1.82, 2.24) is 5.32 Å². The second-order valence-corrected chi connectivity index (χ2v) is 5.93. The summed E-state index contributed by atoms with van der Waals surface area (Å²) in [4.78, 5) is 13.5. The summed E-state index contributed by atoms with van der Waals surface area (Å²) >= 11 is 1.75. The molecule has 0 saturated carbocycles. The second kappa shape index (κ2) is 6.34. The Balaban J connectivity index is 1.91. The molecule has 1 aliphatic rings. The van der Waals surface area contributed by atoms with Crippen LogP contribution in [0.5, 0.6) is 0 Å². The number of hydrogen-bond acceptors (Lipinski definition) is 3. The first-order chi connectivity index (χ1) is 8.72. The Labute approximate surface area is 112 Å². The molecular weight excluding hydrogens is 246 g/mol. The van der Waals surface area contributed by atoms with Crippen LogP contribution in [0, 0.1) is 0 Å². The van der Waals surface area contributed by atoms with Crippen molar-refractivity contribution in [2.75, 3.05) is 6.54 Å². The number of aliphatic hydroxyl groups is 1. The van der Waals surface area contributed by atoms with Gasteiger partial charge in [0.2, 0.25) is 5.91 Å². The van der Waals surface area contributed by atoms with Gasteiger partial charge in [-0.05, 0) is 42.7 Å². The second-order valence-electron chi connectivity index (χ2n) is 4.93. The van der Waals surface area contributed by atoms with E-state index in [1.54, 1.807) is 11.3 Å². The lowest BCUT2D eigenvalue weighted by atomic mass is 9.87. The van der Waals surface area contributed by atoms with Gasteiger partial charge in [0.25, 0.3) is 0 Å². The van der Waals surface area contributed by atoms with Gasteiger partial charge in [0.15, 0.2) is 0 Å². The number of amides is 1. The van der Waals surface area contributed by atoms with E-state index in [2.05, 4.69) is 16.8 Å². The molecule has 1 heterocycles. The molecule has 1 aliphatic carbocycles. The van der Waals surface area contributed by atoms with Crippen LogP contribution in [0.1, 0.15) is 49.0 Å². The first-order valence-corrected chi connectivity index (χ1v) is 7.62. The third kappa shape index (κ3) is 3.12. The summed E-state index contributed by atoms with van der Waals surface area (Å²) in [5, 5.41) is 14.6. The number of carbonyl (C=O) groups excluding carboxylic acids is 1. The molecule has 2 unspecified atom stereocenters. The fraction of sp³-hybridized carbons (Fsp3) is 0.643. The molecule has 4 heteroatoms. The molecule has 3 nitrogen and oxygen atoms in total. The highest BCUT2D eigenvalue weighted by molar-refractivity contribution is 7.10. The lowest BCUT2D eigenvalue weighted by Crippen LogP contribution is -2.36. The van der Waals surface area contributed by atoms with Gasteiger partial charge in [-0.15, -0.1) is 11.3 Å². The summed E-state index contributed by atoms with van der Waals surface area (Å²) in [6.07, 6.45) is 4.39. The minimum Gasteiger partial charge on any atom is -0.391 e. The van der Waals surface area contributed by atoms with Crippen LogP contribution in [-0.2, 0) is 11.2 Å². The Morgan fingerprint density at radius 3 is 3.28 bits per heavy atom. The summed E-state index contributed by atoms with van der Waals surface area (Å²) in [7, 11) is 0. The van der Waals surface area contributed by atoms with Crippen molar-refractivity contribution in [3.05, 3.63) is 21.9 Å². The topological polar surface area (TPSA) is 49.3 Å². The van der Waals surface area contributed by atoms with Crippen LogP contribution in [0.25, 0.3) is 0 Å². The van der Waals surface area contributed by atoms with Crippen LogP contribution >= 0.6 is 11.3 Å². The van der Waals surface area contributed by atoms with Crippen molar-refractivity contribution in [3.63, 3.8) is 0 Å². The molecule has 2 N–H and O–H groups in total. The molecule has 0 spiro atoms. The van der Waals surface area contributed by atoms with E-state index in [1.807, 2.05) is 6.92 Å². The molecule has 1 aromatic rings. The summed E-state index contributed by atoms with van der Waals surface area (Å²) < 4.78 is 0. The van der Waals surface area contributed by atoms with E-state index in [4.69, 9.17) is 0 Å². The standard InChI is InChI=1S/C14H21NO2S/c1-2-4-10(16)9-15-14(17)12-5-3-6-13-11(12)7-8-18-13/h7-8,10,12,16H,2-6,9H2,1H3,(H,15,17). The fourth-order valence-electron chi connectivity index (χ4n) is 2.54. The van der Waals surface area contributed by atoms with Gasteiger partial charge >= 0.3 is 0 Å². The van der Waals surface area contributed by atoms with E-state index in [1.165, 1.54) is 10.4 Å². The van der Waals surface area contributed by atoms with Crippen LogP contribution in [-0.4, -0.2) is 23.7 Å². The van der Waals surface area contributed by atoms with Crippen LogP contribution < -0.4 is 5.32 Å². The molecule has 100 valence electrons. The monoisotopic (exact) mass is 267 g/mol. The SMILES string of the molecule is CCCC(O)CNC(=O)C1CCCc2sccc21. The molecule has 0 aliphatic heterocycles. The van der Waals surface area contributed by atoms with Gasteiger partial charge in [0.1, 0.15) is 0 Å². The number of hydrogen-bond donors (Lipinski definition) is 2. The number of fused-ring (bicyclic) bond motifs is 1. The van der Waals surface area contributed by atoms with Crippen LogP contribution in [0.15, 0.2) is 11.4 Å². The van der Waals surface area contributed by atoms with E-state index >= 15 is 0 Å². The van der Waals surface area contributed by atoms with Crippen LogP contribution in [0.4, 0.5) is 0 Å². The predicted octanol–water partition coefficient (Wildman–Crippen LogP) is 2.45. The average Bonchev–Trinajstić information content (AvgIpc) is 2.84. The molecule has 0 aromatic carbocycles.